The van der Waals surface area contributed by atoms with Crippen molar-refractivity contribution in [3.8, 4) is 0 Å². The number of aliphatic carboxylic acids is 2. The molecule has 0 fully saturated rings. The van der Waals surface area contributed by atoms with Gasteiger partial charge in [0.25, 0.3) is 0 Å². The topological polar surface area (TPSA) is 137 Å². The summed E-state index contributed by atoms with van der Waals surface area (Å²) in [6.07, 6.45) is 0.801. The van der Waals surface area contributed by atoms with E-state index in [0.717, 1.165) is 10.9 Å². The van der Waals surface area contributed by atoms with Crippen molar-refractivity contribution in [3.63, 3.8) is 0 Å². The average molecular weight is 292 g/mol. The molecule has 2 aromatic rings. The molecule has 7 nitrogen and oxygen atoms in total. The summed E-state index contributed by atoms with van der Waals surface area (Å²) < 4.78 is 0. The van der Waals surface area contributed by atoms with Gasteiger partial charge < -0.3 is 26.0 Å². The van der Waals surface area contributed by atoms with E-state index in [-0.39, 0.29) is 6.42 Å². The van der Waals surface area contributed by atoms with Crippen molar-refractivity contribution in [2.75, 3.05) is 0 Å². The van der Waals surface area contributed by atoms with E-state index >= 15 is 0 Å². The first-order valence-electron chi connectivity index (χ1n) is 6.32. The van der Waals surface area contributed by atoms with E-state index < -0.39 is 30.0 Å². The van der Waals surface area contributed by atoms with Crippen molar-refractivity contribution in [1.29, 1.82) is 0 Å². The molecule has 0 aliphatic heterocycles. The molecule has 6 N–H and O–H groups in total. The minimum Gasteiger partial charge on any atom is -0.480 e. The number of fused-ring (bicyclic) bond motifs is 1. The van der Waals surface area contributed by atoms with Crippen molar-refractivity contribution in [2.45, 2.75) is 24.5 Å². The molecule has 0 amide bonds. The molecule has 2 atom stereocenters. The maximum Gasteiger partial charge on any atom is 0.336 e. The SMILES string of the molecule is N[C@H](CC(O)(Cc1c[nH]c2ccccc12)C(=O)O)C(=O)O. The third kappa shape index (κ3) is 3.04. The molecule has 1 aromatic heterocycles. The predicted octanol–water partition coefficient (Wildman–Crippen LogP) is 0.328. The fraction of sp³-hybridized carbons (Fsp3) is 0.286. The summed E-state index contributed by atoms with van der Waals surface area (Å²) in [5.41, 5.74) is 4.52. The molecule has 1 aromatic carbocycles. The molecule has 112 valence electrons. The quantitative estimate of drug-likeness (QED) is 0.520. The molecule has 7 heteroatoms. The van der Waals surface area contributed by atoms with Gasteiger partial charge in [-0.3, -0.25) is 4.79 Å². The number of aliphatic hydroxyl groups is 1. The summed E-state index contributed by atoms with van der Waals surface area (Å²) in [6.45, 7) is 0. The van der Waals surface area contributed by atoms with Crippen LogP contribution >= 0.6 is 0 Å². The van der Waals surface area contributed by atoms with Gasteiger partial charge in [0.05, 0.1) is 0 Å². The van der Waals surface area contributed by atoms with Crippen molar-refractivity contribution in [2.24, 2.45) is 5.73 Å². The summed E-state index contributed by atoms with van der Waals surface area (Å²) in [6, 6.07) is 5.79. The smallest absolute Gasteiger partial charge is 0.336 e. The first kappa shape index (κ1) is 15.0. The van der Waals surface area contributed by atoms with Crippen molar-refractivity contribution in [3.05, 3.63) is 36.0 Å². The van der Waals surface area contributed by atoms with Gasteiger partial charge in [0.2, 0.25) is 0 Å². The predicted molar refractivity (Wildman–Crippen MR) is 74.8 cm³/mol. The number of rotatable bonds is 6. The summed E-state index contributed by atoms with van der Waals surface area (Å²) >= 11 is 0. The average Bonchev–Trinajstić information content (AvgIpc) is 2.81. The number of benzene rings is 1. The van der Waals surface area contributed by atoms with Gasteiger partial charge >= 0.3 is 11.9 Å². The minimum atomic E-state index is -2.23. The van der Waals surface area contributed by atoms with E-state index in [9.17, 15) is 19.8 Å². The number of aromatic amines is 1. The van der Waals surface area contributed by atoms with Crippen LogP contribution in [0.1, 0.15) is 12.0 Å². The van der Waals surface area contributed by atoms with Crippen LogP contribution in [0.3, 0.4) is 0 Å². The first-order valence-corrected chi connectivity index (χ1v) is 6.32. The lowest BCUT2D eigenvalue weighted by Crippen LogP contribution is -2.48. The maximum absolute atomic E-state index is 11.3. The molecule has 0 aliphatic rings. The fourth-order valence-electron chi connectivity index (χ4n) is 2.28. The number of nitrogens with one attached hydrogen (secondary N) is 1. The Bertz CT molecular complexity index is 681. The third-order valence-corrected chi connectivity index (χ3v) is 3.43. The summed E-state index contributed by atoms with van der Waals surface area (Å²) in [5.74, 6) is -2.85. The zero-order chi connectivity index (χ0) is 15.6. The van der Waals surface area contributed by atoms with Gasteiger partial charge in [0, 0.05) is 29.9 Å². The van der Waals surface area contributed by atoms with Crippen LogP contribution in [-0.2, 0) is 16.0 Å². The van der Waals surface area contributed by atoms with Crippen LogP contribution in [-0.4, -0.2) is 43.9 Å². The molecule has 0 bridgehead atoms. The lowest BCUT2D eigenvalue weighted by Gasteiger charge is -2.24. The Morgan fingerprint density at radius 2 is 1.95 bits per heavy atom. The fourth-order valence-corrected chi connectivity index (χ4v) is 2.28. The van der Waals surface area contributed by atoms with E-state index in [2.05, 4.69) is 4.98 Å². The second kappa shape index (κ2) is 5.55. The number of para-hydroxylation sites is 1. The van der Waals surface area contributed by atoms with Gasteiger partial charge in [0.1, 0.15) is 6.04 Å². The van der Waals surface area contributed by atoms with Gasteiger partial charge in [-0.05, 0) is 11.6 Å². The van der Waals surface area contributed by atoms with Crippen LogP contribution in [0.2, 0.25) is 0 Å². The highest BCUT2D eigenvalue weighted by atomic mass is 16.4. The maximum atomic E-state index is 11.3. The van der Waals surface area contributed by atoms with Crippen LogP contribution in [0.25, 0.3) is 10.9 Å². The number of hydrogen-bond donors (Lipinski definition) is 5. The molecule has 2 rings (SSSR count). The zero-order valence-corrected chi connectivity index (χ0v) is 11.1. The Labute approximate surface area is 120 Å². The molecule has 0 aliphatic carbocycles. The monoisotopic (exact) mass is 292 g/mol. The Morgan fingerprint density at radius 3 is 2.57 bits per heavy atom. The summed E-state index contributed by atoms with van der Waals surface area (Å²) in [5, 5.41) is 29.1. The van der Waals surface area contributed by atoms with Gasteiger partial charge in [0.15, 0.2) is 5.60 Å². The highest BCUT2D eigenvalue weighted by Gasteiger charge is 2.40. The molecular weight excluding hydrogens is 276 g/mol. The van der Waals surface area contributed by atoms with E-state index in [4.69, 9.17) is 10.8 Å². The summed E-state index contributed by atoms with van der Waals surface area (Å²) in [4.78, 5) is 25.1. The highest BCUT2D eigenvalue weighted by molar-refractivity contribution is 5.85. The van der Waals surface area contributed by atoms with Crippen molar-refractivity contribution in [1.82, 2.24) is 4.98 Å². The van der Waals surface area contributed by atoms with Crippen LogP contribution in [0.4, 0.5) is 0 Å². The lowest BCUT2D eigenvalue weighted by molar-refractivity contribution is -0.160. The van der Waals surface area contributed by atoms with E-state index in [1.54, 1.807) is 18.3 Å². The number of carboxylic acid groups (broad SMARTS) is 2. The summed E-state index contributed by atoms with van der Waals surface area (Å²) in [7, 11) is 0. The molecular formula is C14H16N2O5. The minimum absolute atomic E-state index is 0.229. The third-order valence-electron chi connectivity index (χ3n) is 3.43. The van der Waals surface area contributed by atoms with Crippen molar-refractivity contribution >= 4 is 22.8 Å². The normalized spacial score (nSPS) is 15.5. The van der Waals surface area contributed by atoms with E-state index in [1.165, 1.54) is 0 Å². The molecule has 21 heavy (non-hydrogen) atoms. The number of H-pyrrole nitrogens is 1. The zero-order valence-electron chi connectivity index (χ0n) is 11.1. The second-order valence-electron chi connectivity index (χ2n) is 5.02. The number of aromatic nitrogens is 1. The molecule has 0 spiro atoms. The van der Waals surface area contributed by atoms with E-state index in [1.807, 2.05) is 12.1 Å². The molecule has 1 heterocycles. The Balaban J connectivity index is 2.31. The number of hydrogen-bond acceptors (Lipinski definition) is 4. The van der Waals surface area contributed by atoms with Crippen LogP contribution in [0.5, 0.6) is 0 Å². The van der Waals surface area contributed by atoms with Gasteiger partial charge in [-0.15, -0.1) is 0 Å². The van der Waals surface area contributed by atoms with Crippen molar-refractivity contribution < 1.29 is 24.9 Å². The highest BCUT2D eigenvalue weighted by Crippen LogP contribution is 2.25. The molecule has 0 saturated carbocycles. The second-order valence-corrected chi connectivity index (χ2v) is 5.02. The number of carbonyl (C=O) groups is 2. The van der Waals surface area contributed by atoms with E-state index in [0.29, 0.717) is 5.56 Å². The Morgan fingerprint density at radius 1 is 1.29 bits per heavy atom. The van der Waals surface area contributed by atoms with Gasteiger partial charge in [-0.25, -0.2) is 4.79 Å². The molecule has 0 radical (unpaired) electrons. The number of carboxylic acids is 2. The van der Waals surface area contributed by atoms with Crippen LogP contribution < -0.4 is 5.73 Å². The van der Waals surface area contributed by atoms with Crippen LogP contribution in [0.15, 0.2) is 30.5 Å². The standard InChI is InChI=1S/C14H16N2O5/c15-10(12(17)18)6-14(21,13(19)20)5-8-7-16-11-4-2-1-3-9(8)11/h1-4,7,10,16,21H,5-6,15H2,(H,17,18)(H,19,20)/t10-,14?/m1/s1. The largest absolute Gasteiger partial charge is 0.480 e. The first-order chi connectivity index (χ1) is 9.83. The van der Waals surface area contributed by atoms with Gasteiger partial charge in [-0.2, -0.15) is 0 Å². The Hall–Kier alpha value is -2.38. The molecule has 1 unspecified atom stereocenters. The van der Waals surface area contributed by atoms with Crippen LogP contribution in [0, 0.1) is 0 Å². The van der Waals surface area contributed by atoms with Gasteiger partial charge in [-0.1, -0.05) is 18.2 Å². The Kier molecular flexibility index (Phi) is 3.97. The lowest BCUT2D eigenvalue weighted by atomic mass is 9.88. The number of nitrogens with two attached hydrogens (primary N) is 1. The molecule has 0 saturated heterocycles.